The Balaban J connectivity index is 0.00000240. The molecule has 2 aliphatic rings. The van der Waals surface area contributed by atoms with Crippen LogP contribution >= 0.6 is 12.4 Å². The summed E-state index contributed by atoms with van der Waals surface area (Å²) < 4.78 is 10.7. The number of hydrogen-bond donors (Lipinski definition) is 1. The predicted octanol–water partition coefficient (Wildman–Crippen LogP) is 2.49. The third-order valence-electron chi connectivity index (χ3n) is 5.80. The van der Waals surface area contributed by atoms with Crippen molar-refractivity contribution in [1.29, 1.82) is 0 Å². The fourth-order valence-electron chi connectivity index (χ4n) is 4.17. The van der Waals surface area contributed by atoms with Crippen molar-refractivity contribution in [2.75, 3.05) is 51.0 Å². The number of piperazine rings is 1. The van der Waals surface area contributed by atoms with Crippen molar-refractivity contribution in [3.8, 4) is 11.5 Å². The summed E-state index contributed by atoms with van der Waals surface area (Å²) in [4.78, 5) is 25.9. The smallest absolute Gasteiger partial charge is 0.228 e. The lowest BCUT2D eigenvalue weighted by atomic mass is 10.1. The summed E-state index contributed by atoms with van der Waals surface area (Å²) in [7, 11) is 3.18. The number of halogens is 1. The molecule has 29 heavy (non-hydrogen) atoms. The Kier molecular flexibility index (Phi) is 6.52. The molecule has 0 atom stereocenters. The summed E-state index contributed by atoms with van der Waals surface area (Å²) in [5, 5.41) is 0.733. The molecule has 1 saturated carbocycles. The number of rotatable bonds is 4. The molecule has 4 rings (SSSR count). The number of amides is 1. The van der Waals surface area contributed by atoms with Crippen LogP contribution in [0.1, 0.15) is 25.7 Å². The van der Waals surface area contributed by atoms with E-state index in [1.807, 2.05) is 11.0 Å². The molecule has 1 aliphatic carbocycles. The zero-order chi connectivity index (χ0) is 19.7. The van der Waals surface area contributed by atoms with Crippen LogP contribution in [0.5, 0.6) is 11.5 Å². The van der Waals surface area contributed by atoms with Gasteiger partial charge >= 0.3 is 0 Å². The number of fused-ring (bicyclic) bond motifs is 1. The first-order valence-electron chi connectivity index (χ1n) is 9.83. The largest absolute Gasteiger partial charge is 0.493 e. The van der Waals surface area contributed by atoms with E-state index in [4.69, 9.17) is 15.2 Å². The molecule has 2 N–H and O–H groups in total. The minimum atomic E-state index is 0. The maximum absolute atomic E-state index is 12.6. The van der Waals surface area contributed by atoms with Gasteiger partial charge in [-0.25, -0.2) is 4.98 Å². The van der Waals surface area contributed by atoms with Crippen LogP contribution in [0.2, 0.25) is 0 Å². The predicted molar refractivity (Wildman–Crippen MR) is 115 cm³/mol. The topological polar surface area (TPSA) is 93.8 Å². The molecule has 8 nitrogen and oxygen atoms in total. The van der Waals surface area contributed by atoms with Crippen molar-refractivity contribution >= 4 is 41.0 Å². The van der Waals surface area contributed by atoms with Crippen LogP contribution < -0.4 is 20.1 Å². The second kappa shape index (κ2) is 8.90. The van der Waals surface area contributed by atoms with Crippen LogP contribution in [-0.2, 0) is 4.79 Å². The molecule has 0 bridgehead atoms. The molecule has 1 aromatic heterocycles. The van der Waals surface area contributed by atoms with Gasteiger partial charge in [0.25, 0.3) is 0 Å². The highest BCUT2D eigenvalue weighted by molar-refractivity contribution is 5.91. The van der Waals surface area contributed by atoms with Crippen molar-refractivity contribution in [2.45, 2.75) is 25.7 Å². The number of carbonyl (C=O) groups excluding carboxylic acids is 1. The van der Waals surface area contributed by atoms with E-state index in [1.165, 1.54) is 12.8 Å². The van der Waals surface area contributed by atoms with E-state index in [2.05, 4.69) is 14.9 Å². The summed E-state index contributed by atoms with van der Waals surface area (Å²) in [6.45, 7) is 2.80. The summed E-state index contributed by atoms with van der Waals surface area (Å²) in [6, 6.07) is 3.61. The van der Waals surface area contributed by atoms with Crippen molar-refractivity contribution in [1.82, 2.24) is 14.9 Å². The van der Waals surface area contributed by atoms with E-state index in [9.17, 15) is 4.79 Å². The number of nitrogen functional groups attached to an aromatic ring is 1. The summed E-state index contributed by atoms with van der Waals surface area (Å²) in [6.07, 6.45) is 4.42. The molecule has 1 amide bonds. The average Bonchev–Trinajstić information content (AvgIpc) is 3.27. The third-order valence-corrected chi connectivity index (χ3v) is 5.80. The van der Waals surface area contributed by atoms with Crippen molar-refractivity contribution in [3.63, 3.8) is 0 Å². The standard InChI is InChI=1S/C20H27N5O3.ClH/c1-27-16-11-14-15(12-17(16)28-2)22-20(23-18(14)21)25-9-7-24(8-10-25)19(26)13-5-3-4-6-13;/h11-13H,3-10H2,1-2H3,(H2,21,22,23);1H. The first-order chi connectivity index (χ1) is 13.6. The minimum absolute atomic E-state index is 0. The minimum Gasteiger partial charge on any atom is -0.493 e. The van der Waals surface area contributed by atoms with Gasteiger partial charge in [-0.1, -0.05) is 12.8 Å². The van der Waals surface area contributed by atoms with Gasteiger partial charge in [0.1, 0.15) is 5.82 Å². The van der Waals surface area contributed by atoms with Gasteiger partial charge in [-0.15, -0.1) is 12.4 Å². The molecule has 2 heterocycles. The molecule has 0 radical (unpaired) electrons. The van der Waals surface area contributed by atoms with Gasteiger partial charge in [-0.2, -0.15) is 4.98 Å². The fourth-order valence-corrected chi connectivity index (χ4v) is 4.17. The molecule has 1 aliphatic heterocycles. The molecule has 1 aromatic carbocycles. The lowest BCUT2D eigenvalue weighted by Crippen LogP contribution is -2.50. The highest BCUT2D eigenvalue weighted by Gasteiger charge is 2.30. The number of ether oxygens (including phenoxy) is 2. The second-order valence-electron chi connectivity index (χ2n) is 7.43. The number of hydrogen-bond acceptors (Lipinski definition) is 7. The Morgan fingerprint density at radius 3 is 2.28 bits per heavy atom. The maximum Gasteiger partial charge on any atom is 0.228 e. The molecule has 0 spiro atoms. The Labute approximate surface area is 176 Å². The van der Waals surface area contributed by atoms with E-state index in [0.29, 0.717) is 60.9 Å². The molecular formula is C20H28ClN5O3. The van der Waals surface area contributed by atoms with Crippen LogP contribution in [-0.4, -0.2) is 61.2 Å². The third kappa shape index (κ3) is 4.12. The van der Waals surface area contributed by atoms with Gasteiger partial charge in [0.15, 0.2) is 11.5 Å². The van der Waals surface area contributed by atoms with Crippen LogP contribution in [0.3, 0.4) is 0 Å². The zero-order valence-corrected chi connectivity index (χ0v) is 17.7. The van der Waals surface area contributed by atoms with E-state index < -0.39 is 0 Å². The van der Waals surface area contributed by atoms with Gasteiger partial charge in [-0.3, -0.25) is 4.79 Å². The summed E-state index contributed by atoms with van der Waals surface area (Å²) in [5.74, 6) is 2.73. The number of anilines is 2. The van der Waals surface area contributed by atoms with Gasteiger partial charge in [0, 0.05) is 43.5 Å². The first kappa shape index (κ1) is 21.2. The maximum atomic E-state index is 12.6. The second-order valence-corrected chi connectivity index (χ2v) is 7.43. The Bertz CT molecular complexity index is 880. The summed E-state index contributed by atoms with van der Waals surface area (Å²) in [5.41, 5.74) is 6.91. The molecular weight excluding hydrogens is 394 g/mol. The number of carbonyl (C=O) groups is 1. The van der Waals surface area contributed by atoms with E-state index in [1.54, 1.807) is 20.3 Å². The van der Waals surface area contributed by atoms with Crippen molar-refractivity contribution < 1.29 is 14.3 Å². The average molecular weight is 422 g/mol. The van der Waals surface area contributed by atoms with Crippen LogP contribution in [0.15, 0.2) is 12.1 Å². The van der Waals surface area contributed by atoms with Gasteiger partial charge in [0.05, 0.1) is 19.7 Å². The fraction of sp³-hybridized carbons (Fsp3) is 0.550. The normalized spacial score (nSPS) is 17.3. The SMILES string of the molecule is COc1cc2nc(N3CCN(C(=O)C4CCCC4)CC3)nc(N)c2cc1OC.Cl. The lowest BCUT2D eigenvalue weighted by molar-refractivity contribution is -0.135. The highest BCUT2D eigenvalue weighted by atomic mass is 35.5. The number of nitrogens with zero attached hydrogens (tertiary/aromatic N) is 4. The molecule has 2 fully saturated rings. The number of benzene rings is 1. The lowest BCUT2D eigenvalue weighted by Gasteiger charge is -2.36. The molecule has 2 aromatic rings. The van der Waals surface area contributed by atoms with Crippen LogP contribution in [0.4, 0.5) is 11.8 Å². The van der Waals surface area contributed by atoms with Crippen molar-refractivity contribution in [3.05, 3.63) is 12.1 Å². The monoisotopic (exact) mass is 421 g/mol. The summed E-state index contributed by atoms with van der Waals surface area (Å²) >= 11 is 0. The Morgan fingerprint density at radius 2 is 1.66 bits per heavy atom. The van der Waals surface area contributed by atoms with E-state index in [0.717, 1.165) is 18.2 Å². The number of methoxy groups -OCH3 is 2. The molecule has 9 heteroatoms. The Morgan fingerprint density at radius 1 is 1.03 bits per heavy atom. The molecule has 158 valence electrons. The van der Waals surface area contributed by atoms with Gasteiger partial charge in [-0.05, 0) is 18.9 Å². The van der Waals surface area contributed by atoms with E-state index >= 15 is 0 Å². The Hall–Kier alpha value is -2.48. The highest BCUT2D eigenvalue weighted by Crippen LogP contribution is 2.34. The van der Waals surface area contributed by atoms with Gasteiger partial charge in [0.2, 0.25) is 11.9 Å². The van der Waals surface area contributed by atoms with E-state index in [-0.39, 0.29) is 18.3 Å². The number of aromatic nitrogens is 2. The molecule has 1 saturated heterocycles. The zero-order valence-electron chi connectivity index (χ0n) is 16.9. The van der Waals surface area contributed by atoms with Crippen LogP contribution in [0.25, 0.3) is 10.9 Å². The van der Waals surface area contributed by atoms with Crippen molar-refractivity contribution in [2.24, 2.45) is 5.92 Å². The quantitative estimate of drug-likeness (QED) is 0.810. The van der Waals surface area contributed by atoms with Gasteiger partial charge < -0.3 is 25.0 Å². The number of nitrogens with two attached hydrogens (primary N) is 1. The molecule has 0 unspecified atom stereocenters. The van der Waals surface area contributed by atoms with Crippen LogP contribution in [0, 0.1) is 5.92 Å². The first-order valence-corrected chi connectivity index (χ1v) is 9.83.